The smallest absolute Gasteiger partial charge is 0.325 e. The van der Waals surface area contributed by atoms with E-state index in [1.165, 1.54) is 0 Å². The number of benzene rings is 1. The molecule has 0 fully saturated rings. The minimum absolute atomic E-state index is 0.167. The standard InChI is InChI=1S/C20H30BrN3O4/c1-13(2)10-14(18(26)22-12-17(25)28-20(3,4)5)11-23-19(27)24-16-8-6-15(21)7-9-16/h6-9,13-14H,10-12H2,1-5H3,(H,22,26)(H2,23,24,27). The van der Waals surface area contributed by atoms with Crippen LogP contribution in [0.1, 0.15) is 41.0 Å². The molecule has 1 aromatic carbocycles. The van der Waals surface area contributed by atoms with Gasteiger partial charge in [0.05, 0.1) is 5.92 Å². The minimum Gasteiger partial charge on any atom is -0.459 e. The summed E-state index contributed by atoms with van der Waals surface area (Å²) in [6.07, 6.45) is 0.582. The fourth-order valence-corrected chi connectivity index (χ4v) is 2.72. The molecule has 0 aliphatic rings. The van der Waals surface area contributed by atoms with Gasteiger partial charge >= 0.3 is 12.0 Å². The van der Waals surface area contributed by atoms with Crippen LogP contribution < -0.4 is 16.0 Å². The number of hydrogen-bond donors (Lipinski definition) is 3. The van der Waals surface area contributed by atoms with Crippen LogP contribution in [0.25, 0.3) is 0 Å². The van der Waals surface area contributed by atoms with Crippen LogP contribution in [-0.2, 0) is 14.3 Å². The molecule has 3 N–H and O–H groups in total. The first-order chi connectivity index (χ1) is 13.0. The van der Waals surface area contributed by atoms with Crippen molar-refractivity contribution in [3.63, 3.8) is 0 Å². The van der Waals surface area contributed by atoms with Gasteiger partial charge in [-0.2, -0.15) is 0 Å². The van der Waals surface area contributed by atoms with E-state index in [0.717, 1.165) is 4.47 Å². The zero-order valence-electron chi connectivity index (χ0n) is 17.1. The Bertz CT molecular complexity index is 669. The number of ether oxygens (including phenoxy) is 1. The first-order valence-corrected chi connectivity index (χ1v) is 10.1. The van der Waals surface area contributed by atoms with Crippen LogP contribution in [-0.4, -0.2) is 36.6 Å². The van der Waals surface area contributed by atoms with E-state index in [0.29, 0.717) is 12.1 Å². The summed E-state index contributed by atoms with van der Waals surface area (Å²) in [4.78, 5) is 36.3. The van der Waals surface area contributed by atoms with Crippen molar-refractivity contribution in [2.45, 2.75) is 46.6 Å². The summed E-state index contributed by atoms with van der Waals surface area (Å²) in [7, 11) is 0. The molecule has 28 heavy (non-hydrogen) atoms. The van der Waals surface area contributed by atoms with E-state index in [2.05, 4.69) is 31.9 Å². The molecule has 0 aliphatic heterocycles. The number of carbonyl (C=O) groups is 3. The van der Waals surface area contributed by atoms with Crippen molar-refractivity contribution >= 4 is 39.5 Å². The molecule has 8 heteroatoms. The summed E-state index contributed by atoms with van der Waals surface area (Å²) in [6.45, 7) is 9.26. The van der Waals surface area contributed by atoms with E-state index < -0.39 is 23.5 Å². The van der Waals surface area contributed by atoms with Crippen molar-refractivity contribution in [1.82, 2.24) is 10.6 Å². The number of rotatable bonds is 8. The molecular formula is C20H30BrN3O4. The van der Waals surface area contributed by atoms with E-state index in [1.54, 1.807) is 32.9 Å². The zero-order chi connectivity index (χ0) is 21.3. The molecule has 0 aromatic heterocycles. The van der Waals surface area contributed by atoms with E-state index in [1.807, 2.05) is 26.0 Å². The van der Waals surface area contributed by atoms with Crippen molar-refractivity contribution in [3.05, 3.63) is 28.7 Å². The summed E-state index contributed by atoms with van der Waals surface area (Å²) < 4.78 is 6.10. The largest absolute Gasteiger partial charge is 0.459 e. The lowest BCUT2D eigenvalue weighted by atomic mass is 9.96. The van der Waals surface area contributed by atoms with E-state index in [9.17, 15) is 14.4 Å². The van der Waals surface area contributed by atoms with Crippen LogP contribution in [0, 0.1) is 11.8 Å². The molecule has 0 saturated carbocycles. The van der Waals surface area contributed by atoms with Gasteiger partial charge in [0, 0.05) is 16.7 Å². The molecule has 0 spiro atoms. The molecule has 3 amide bonds. The predicted octanol–water partition coefficient (Wildman–Crippen LogP) is 3.69. The molecule has 0 heterocycles. The van der Waals surface area contributed by atoms with Crippen LogP contribution in [0.4, 0.5) is 10.5 Å². The van der Waals surface area contributed by atoms with Gasteiger partial charge in [0.25, 0.3) is 0 Å². The number of hydrogen-bond acceptors (Lipinski definition) is 4. The number of carbonyl (C=O) groups excluding carboxylic acids is 3. The lowest BCUT2D eigenvalue weighted by molar-refractivity contribution is -0.154. The average Bonchev–Trinajstić information content (AvgIpc) is 2.56. The monoisotopic (exact) mass is 455 g/mol. The number of urea groups is 1. The van der Waals surface area contributed by atoms with Crippen molar-refractivity contribution in [2.75, 3.05) is 18.4 Å². The maximum Gasteiger partial charge on any atom is 0.325 e. The third kappa shape index (κ3) is 10.3. The summed E-state index contributed by atoms with van der Waals surface area (Å²) in [6, 6.07) is 6.78. The Morgan fingerprint density at radius 1 is 1.07 bits per heavy atom. The highest BCUT2D eigenvalue weighted by Crippen LogP contribution is 2.14. The molecule has 7 nitrogen and oxygen atoms in total. The first kappa shape index (κ1) is 23.9. The molecule has 0 saturated heterocycles. The van der Waals surface area contributed by atoms with Gasteiger partial charge in [0.2, 0.25) is 5.91 Å². The lowest BCUT2D eigenvalue weighted by Gasteiger charge is -2.21. The number of nitrogens with one attached hydrogen (secondary N) is 3. The Morgan fingerprint density at radius 3 is 2.21 bits per heavy atom. The first-order valence-electron chi connectivity index (χ1n) is 9.26. The highest BCUT2D eigenvalue weighted by atomic mass is 79.9. The third-order valence-electron chi connectivity index (χ3n) is 3.56. The van der Waals surface area contributed by atoms with Crippen LogP contribution in [0.15, 0.2) is 28.7 Å². The van der Waals surface area contributed by atoms with Gasteiger partial charge < -0.3 is 20.7 Å². The van der Waals surface area contributed by atoms with Gasteiger partial charge in [0.1, 0.15) is 12.1 Å². The second-order valence-electron chi connectivity index (χ2n) is 7.97. The summed E-state index contributed by atoms with van der Waals surface area (Å²) in [5.74, 6) is -0.972. The number of esters is 1. The Kier molecular flexibility index (Phi) is 9.45. The lowest BCUT2D eigenvalue weighted by Crippen LogP contribution is -2.43. The van der Waals surface area contributed by atoms with Gasteiger partial charge in [0.15, 0.2) is 0 Å². The number of amides is 3. The fraction of sp³-hybridized carbons (Fsp3) is 0.550. The van der Waals surface area contributed by atoms with Crippen molar-refractivity contribution in [1.29, 1.82) is 0 Å². The zero-order valence-corrected chi connectivity index (χ0v) is 18.7. The van der Waals surface area contributed by atoms with Crippen LogP contribution in [0.5, 0.6) is 0 Å². The summed E-state index contributed by atoms with van der Waals surface area (Å²) >= 11 is 3.34. The van der Waals surface area contributed by atoms with Crippen LogP contribution in [0.3, 0.4) is 0 Å². The van der Waals surface area contributed by atoms with Gasteiger partial charge in [-0.25, -0.2) is 4.79 Å². The molecular weight excluding hydrogens is 426 g/mol. The molecule has 1 unspecified atom stereocenters. The third-order valence-corrected chi connectivity index (χ3v) is 4.09. The van der Waals surface area contributed by atoms with Gasteiger partial charge in [-0.1, -0.05) is 29.8 Å². The quantitative estimate of drug-likeness (QED) is 0.520. The van der Waals surface area contributed by atoms with Crippen molar-refractivity contribution < 1.29 is 19.1 Å². The topological polar surface area (TPSA) is 96.5 Å². The number of halogens is 1. The normalized spacial score (nSPS) is 12.2. The van der Waals surface area contributed by atoms with Gasteiger partial charge in [-0.15, -0.1) is 0 Å². The maximum absolute atomic E-state index is 12.5. The molecule has 0 radical (unpaired) electrons. The van der Waals surface area contributed by atoms with Crippen molar-refractivity contribution in [3.8, 4) is 0 Å². The molecule has 156 valence electrons. The molecule has 1 aromatic rings. The Hall–Kier alpha value is -2.09. The average molecular weight is 456 g/mol. The Labute approximate surface area is 175 Å². The number of anilines is 1. The fourth-order valence-electron chi connectivity index (χ4n) is 2.46. The van der Waals surface area contributed by atoms with Crippen molar-refractivity contribution in [2.24, 2.45) is 11.8 Å². The molecule has 0 bridgehead atoms. The predicted molar refractivity (Wildman–Crippen MR) is 113 cm³/mol. The SMILES string of the molecule is CC(C)CC(CNC(=O)Nc1ccc(Br)cc1)C(=O)NCC(=O)OC(C)(C)C. The molecule has 1 rings (SSSR count). The van der Waals surface area contributed by atoms with Crippen LogP contribution >= 0.6 is 15.9 Å². The maximum atomic E-state index is 12.5. The minimum atomic E-state index is -0.605. The molecule has 0 aliphatic carbocycles. The second kappa shape index (κ2) is 11.0. The van der Waals surface area contributed by atoms with Crippen LogP contribution in [0.2, 0.25) is 0 Å². The Balaban J connectivity index is 2.54. The molecule has 1 atom stereocenters. The van der Waals surface area contributed by atoms with E-state index in [-0.39, 0.29) is 24.9 Å². The van der Waals surface area contributed by atoms with Gasteiger partial charge in [-0.05, 0) is 57.4 Å². The van der Waals surface area contributed by atoms with E-state index >= 15 is 0 Å². The van der Waals surface area contributed by atoms with E-state index in [4.69, 9.17) is 4.74 Å². The second-order valence-corrected chi connectivity index (χ2v) is 8.89. The highest BCUT2D eigenvalue weighted by molar-refractivity contribution is 9.10. The summed E-state index contributed by atoms with van der Waals surface area (Å²) in [5.41, 5.74) is 0.0433. The van der Waals surface area contributed by atoms with Gasteiger partial charge in [-0.3, -0.25) is 9.59 Å². The highest BCUT2D eigenvalue weighted by Gasteiger charge is 2.22. The Morgan fingerprint density at radius 2 is 1.68 bits per heavy atom. The summed E-state index contributed by atoms with van der Waals surface area (Å²) in [5, 5.41) is 8.03.